The predicted octanol–water partition coefficient (Wildman–Crippen LogP) is 2.21. The molecule has 0 aliphatic carbocycles. The number of hydrogen-bond acceptors (Lipinski definition) is 4. The van der Waals surface area contributed by atoms with Crippen molar-refractivity contribution in [2.24, 2.45) is 0 Å². The number of methoxy groups -OCH3 is 1. The molecule has 1 aliphatic heterocycles. The zero-order chi connectivity index (χ0) is 13.7. The lowest BCUT2D eigenvalue weighted by molar-refractivity contribution is 0.173. The highest BCUT2D eigenvalue weighted by molar-refractivity contribution is 6.30. The van der Waals surface area contributed by atoms with Gasteiger partial charge in [0, 0.05) is 36.8 Å². The lowest BCUT2D eigenvalue weighted by Crippen LogP contribution is -2.45. The minimum absolute atomic E-state index is 0.0424. The minimum Gasteiger partial charge on any atom is -0.496 e. The molecule has 5 heteroatoms. The number of benzene rings is 1. The van der Waals surface area contributed by atoms with Gasteiger partial charge in [-0.25, -0.2) is 0 Å². The molecule has 0 saturated carbocycles. The Hall–Kier alpha value is -1.28. The second kappa shape index (κ2) is 6.76. The Labute approximate surface area is 118 Å². The van der Waals surface area contributed by atoms with Crippen molar-refractivity contribution < 1.29 is 4.74 Å². The highest BCUT2D eigenvalue weighted by Crippen LogP contribution is 2.33. The zero-order valence-electron chi connectivity index (χ0n) is 11.0. The molecule has 0 amide bonds. The largest absolute Gasteiger partial charge is 0.496 e. The van der Waals surface area contributed by atoms with E-state index in [4.69, 9.17) is 21.6 Å². The van der Waals surface area contributed by atoms with Crippen LogP contribution < -0.4 is 10.1 Å². The lowest BCUT2D eigenvalue weighted by atomic mass is 10.0. The van der Waals surface area contributed by atoms with Crippen LogP contribution in [0.1, 0.15) is 18.0 Å². The molecule has 1 fully saturated rings. The molecule has 0 bridgehead atoms. The van der Waals surface area contributed by atoms with E-state index in [2.05, 4.69) is 16.3 Å². The van der Waals surface area contributed by atoms with Gasteiger partial charge in [-0.05, 0) is 18.2 Å². The van der Waals surface area contributed by atoms with Crippen LogP contribution in [0.4, 0.5) is 0 Å². The average molecular weight is 280 g/mol. The van der Waals surface area contributed by atoms with Crippen LogP contribution in [0, 0.1) is 11.3 Å². The minimum atomic E-state index is 0.0424. The topological polar surface area (TPSA) is 48.3 Å². The van der Waals surface area contributed by atoms with E-state index in [0.717, 1.165) is 37.5 Å². The first-order valence-electron chi connectivity index (χ1n) is 6.41. The van der Waals surface area contributed by atoms with E-state index >= 15 is 0 Å². The lowest BCUT2D eigenvalue weighted by Gasteiger charge is -2.34. The molecule has 2 rings (SSSR count). The molecule has 1 aromatic rings. The zero-order valence-corrected chi connectivity index (χ0v) is 11.8. The molecule has 4 nitrogen and oxygen atoms in total. The van der Waals surface area contributed by atoms with Crippen molar-refractivity contribution in [3.8, 4) is 11.8 Å². The Kier molecular flexibility index (Phi) is 5.03. The molecular formula is C14H18ClN3O. The van der Waals surface area contributed by atoms with Crippen LogP contribution in [-0.4, -0.2) is 38.2 Å². The van der Waals surface area contributed by atoms with Crippen LogP contribution >= 0.6 is 11.6 Å². The van der Waals surface area contributed by atoms with Gasteiger partial charge in [0.15, 0.2) is 0 Å². The number of rotatable bonds is 4. The molecule has 1 atom stereocenters. The fraction of sp³-hybridized carbons (Fsp3) is 0.500. The maximum atomic E-state index is 9.10. The number of halogens is 1. The Morgan fingerprint density at radius 1 is 1.47 bits per heavy atom. The molecule has 1 heterocycles. The summed E-state index contributed by atoms with van der Waals surface area (Å²) < 4.78 is 5.41. The molecular weight excluding hydrogens is 262 g/mol. The van der Waals surface area contributed by atoms with Crippen molar-refractivity contribution >= 4 is 11.6 Å². The van der Waals surface area contributed by atoms with Gasteiger partial charge in [0.2, 0.25) is 0 Å². The van der Waals surface area contributed by atoms with Gasteiger partial charge in [0.05, 0.1) is 25.6 Å². The van der Waals surface area contributed by atoms with Crippen molar-refractivity contribution in [3.05, 3.63) is 28.8 Å². The van der Waals surface area contributed by atoms with Gasteiger partial charge in [-0.15, -0.1) is 0 Å². The molecule has 1 N–H and O–H groups in total. The van der Waals surface area contributed by atoms with Crippen LogP contribution in [0.25, 0.3) is 0 Å². The molecule has 0 unspecified atom stereocenters. The Balaban J connectivity index is 2.32. The molecule has 102 valence electrons. The van der Waals surface area contributed by atoms with Crippen molar-refractivity contribution in [1.29, 1.82) is 5.26 Å². The number of ether oxygens (including phenoxy) is 1. The maximum absolute atomic E-state index is 9.10. The average Bonchev–Trinajstić information content (AvgIpc) is 2.45. The first kappa shape index (κ1) is 14.1. The summed E-state index contributed by atoms with van der Waals surface area (Å²) in [5.41, 5.74) is 0.999. The summed E-state index contributed by atoms with van der Waals surface area (Å²) >= 11 is 6.09. The van der Waals surface area contributed by atoms with Crippen LogP contribution in [0.3, 0.4) is 0 Å². The number of nitriles is 1. The third-order valence-electron chi connectivity index (χ3n) is 3.43. The first-order chi connectivity index (χ1) is 9.26. The van der Waals surface area contributed by atoms with E-state index < -0.39 is 0 Å². The maximum Gasteiger partial charge on any atom is 0.123 e. The second-order valence-corrected chi connectivity index (χ2v) is 4.99. The SMILES string of the molecule is COc1ccc(Cl)cc1[C@@H](CC#N)N1CCNCC1. The number of nitrogens with one attached hydrogen (secondary N) is 1. The summed E-state index contributed by atoms with van der Waals surface area (Å²) in [7, 11) is 1.65. The molecule has 1 saturated heterocycles. The van der Waals surface area contributed by atoms with Gasteiger partial charge in [0.1, 0.15) is 5.75 Å². The Morgan fingerprint density at radius 2 is 2.21 bits per heavy atom. The number of piperazine rings is 1. The number of hydrogen-bond donors (Lipinski definition) is 1. The standard InChI is InChI=1S/C14H18ClN3O/c1-19-14-3-2-11(15)10-12(14)13(4-5-16)18-8-6-17-7-9-18/h2-3,10,13,17H,4,6-9H2,1H3/t13-/m1/s1. The normalized spacial score (nSPS) is 17.7. The number of nitrogens with zero attached hydrogens (tertiary/aromatic N) is 2. The van der Waals surface area contributed by atoms with Gasteiger partial charge >= 0.3 is 0 Å². The molecule has 1 aromatic carbocycles. The fourth-order valence-corrected chi connectivity index (χ4v) is 2.66. The molecule has 0 aromatic heterocycles. The van der Waals surface area contributed by atoms with Crippen molar-refractivity contribution in [3.63, 3.8) is 0 Å². The van der Waals surface area contributed by atoms with Gasteiger partial charge in [0.25, 0.3) is 0 Å². The predicted molar refractivity (Wildman–Crippen MR) is 75.4 cm³/mol. The summed E-state index contributed by atoms with van der Waals surface area (Å²) in [4.78, 5) is 2.31. The smallest absolute Gasteiger partial charge is 0.123 e. The quantitative estimate of drug-likeness (QED) is 0.918. The monoisotopic (exact) mass is 279 g/mol. The highest BCUT2D eigenvalue weighted by atomic mass is 35.5. The summed E-state index contributed by atoms with van der Waals surface area (Å²) in [5.74, 6) is 0.795. The van der Waals surface area contributed by atoms with E-state index in [1.165, 1.54) is 0 Å². The molecule has 0 radical (unpaired) electrons. The summed E-state index contributed by atoms with van der Waals surface area (Å²) in [6.45, 7) is 3.76. The van der Waals surface area contributed by atoms with E-state index in [0.29, 0.717) is 11.4 Å². The van der Waals surface area contributed by atoms with Gasteiger partial charge in [-0.2, -0.15) is 5.26 Å². The molecule has 1 aliphatic rings. The Morgan fingerprint density at radius 3 is 2.84 bits per heavy atom. The fourth-order valence-electron chi connectivity index (χ4n) is 2.48. The van der Waals surface area contributed by atoms with Crippen LogP contribution in [0.2, 0.25) is 5.02 Å². The van der Waals surface area contributed by atoms with E-state index in [9.17, 15) is 0 Å². The van der Waals surface area contributed by atoms with Crippen molar-refractivity contribution in [2.75, 3.05) is 33.3 Å². The first-order valence-corrected chi connectivity index (χ1v) is 6.79. The van der Waals surface area contributed by atoms with Crippen LogP contribution in [0.5, 0.6) is 5.75 Å². The van der Waals surface area contributed by atoms with Crippen LogP contribution in [0.15, 0.2) is 18.2 Å². The van der Waals surface area contributed by atoms with Crippen molar-refractivity contribution in [1.82, 2.24) is 10.2 Å². The van der Waals surface area contributed by atoms with Gasteiger partial charge in [-0.3, -0.25) is 4.90 Å². The summed E-state index contributed by atoms with van der Waals surface area (Å²) in [6, 6.07) is 7.90. The molecule has 0 spiro atoms. The van der Waals surface area contributed by atoms with E-state index in [1.807, 2.05) is 18.2 Å². The van der Waals surface area contributed by atoms with Crippen LogP contribution in [-0.2, 0) is 0 Å². The van der Waals surface area contributed by atoms with Gasteiger partial charge in [-0.1, -0.05) is 11.6 Å². The summed E-state index contributed by atoms with van der Waals surface area (Å²) in [5, 5.41) is 13.1. The Bertz CT molecular complexity index is 466. The van der Waals surface area contributed by atoms with E-state index in [-0.39, 0.29) is 6.04 Å². The summed E-state index contributed by atoms with van der Waals surface area (Å²) in [6.07, 6.45) is 0.441. The highest BCUT2D eigenvalue weighted by Gasteiger charge is 2.24. The van der Waals surface area contributed by atoms with E-state index in [1.54, 1.807) is 7.11 Å². The van der Waals surface area contributed by atoms with Gasteiger partial charge < -0.3 is 10.1 Å². The van der Waals surface area contributed by atoms with Crippen molar-refractivity contribution in [2.45, 2.75) is 12.5 Å². The third-order valence-corrected chi connectivity index (χ3v) is 3.66. The second-order valence-electron chi connectivity index (χ2n) is 4.55. The third kappa shape index (κ3) is 3.38. The molecule has 19 heavy (non-hydrogen) atoms.